The first-order chi connectivity index (χ1) is 7.18. The van der Waals surface area contributed by atoms with Crippen molar-refractivity contribution in [1.82, 2.24) is 5.32 Å². The lowest BCUT2D eigenvalue weighted by Crippen LogP contribution is -2.39. The molecule has 1 saturated heterocycles. The highest BCUT2D eigenvalue weighted by atomic mass is 16.5. The van der Waals surface area contributed by atoms with Gasteiger partial charge in [-0.15, -0.1) is 0 Å². The molecule has 1 heterocycles. The Morgan fingerprint density at radius 2 is 2.07 bits per heavy atom. The lowest BCUT2D eigenvalue weighted by atomic mass is 10.1. The van der Waals surface area contributed by atoms with E-state index >= 15 is 0 Å². The average Bonchev–Trinajstić information content (AvgIpc) is 2.96. The van der Waals surface area contributed by atoms with E-state index in [1.54, 1.807) is 0 Å². The van der Waals surface area contributed by atoms with Gasteiger partial charge in [0.05, 0.1) is 0 Å². The molecule has 0 spiro atoms. The molecule has 2 aliphatic rings. The summed E-state index contributed by atoms with van der Waals surface area (Å²) in [6, 6.07) is 0.319. The molecular formula is C11H20N2O2. The van der Waals surface area contributed by atoms with Crippen molar-refractivity contribution in [3.8, 4) is 0 Å². The van der Waals surface area contributed by atoms with E-state index in [-0.39, 0.29) is 11.4 Å². The molecule has 2 fully saturated rings. The minimum atomic E-state index is -0.00693. The first-order valence-electron chi connectivity index (χ1n) is 5.84. The van der Waals surface area contributed by atoms with Gasteiger partial charge in [0.2, 0.25) is 5.91 Å². The zero-order valence-corrected chi connectivity index (χ0v) is 9.13. The van der Waals surface area contributed by atoms with Crippen LogP contribution < -0.4 is 11.1 Å². The summed E-state index contributed by atoms with van der Waals surface area (Å²) in [4.78, 5) is 11.6. The summed E-state index contributed by atoms with van der Waals surface area (Å²) in [7, 11) is 0. The van der Waals surface area contributed by atoms with Crippen LogP contribution in [0.3, 0.4) is 0 Å². The highest BCUT2D eigenvalue weighted by molar-refractivity contribution is 5.76. The van der Waals surface area contributed by atoms with E-state index < -0.39 is 0 Å². The summed E-state index contributed by atoms with van der Waals surface area (Å²) < 4.78 is 5.23. The SMILES string of the molecule is NC1(CCC(=O)NC2CCOCC2)CC1. The Hall–Kier alpha value is -0.610. The van der Waals surface area contributed by atoms with E-state index in [0.717, 1.165) is 45.3 Å². The molecule has 1 aliphatic carbocycles. The molecule has 0 radical (unpaired) electrons. The topological polar surface area (TPSA) is 64.4 Å². The number of carbonyl (C=O) groups excluding carboxylic acids is 1. The maximum Gasteiger partial charge on any atom is 0.220 e. The molecule has 1 saturated carbocycles. The van der Waals surface area contributed by atoms with Crippen LogP contribution >= 0.6 is 0 Å². The molecule has 0 aromatic rings. The number of hydrogen-bond acceptors (Lipinski definition) is 3. The Morgan fingerprint density at radius 3 is 2.67 bits per heavy atom. The van der Waals surface area contributed by atoms with Crippen molar-refractivity contribution in [2.24, 2.45) is 5.73 Å². The molecule has 1 amide bonds. The van der Waals surface area contributed by atoms with Gasteiger partial charge in [-0.1, -0.05) is 0 Å². The zero-order chi connectivity index (χ0) is 10.7. The number of ether oxygens (including phenoxy) is 1. The fourth-order valence-corrected chi connectivity index (χ4v) is 1.91. The third kappa shape index (κ3) is 3.47. The number of nitrogens with one attached hydrogen (secondary N) is 1. The number of carbonyl (C=O) groups is 1. The Balaban J connectivity index is 1.62. The van der Waals surface area contributed by atoms with E-state index in [1.807, 2.05) is 0 Å². The quantitative estimate of drug-likeness (QED) is 0.715. The molecule has 3 N–H and O–H groups in total. The van der Waals surface area contributed by atoms with E-state index in [1.165, 1.54) is 0 Å². The predicted octanol–water partition coefficient (Wildman–Crippen LogP) is 0.553. The predicted molar refractivity (Wildman–Crippen MR) is 57.4 cm³/mol. The van der Waals surface area contributed by atoms with Gasteiger partial charge in [0.1, 0.15) is 0 Å². The van der Waals surface area contributed by atoms with Gasteiger partial charge in [0.15, 0.2) is 0 Å². The summed E-state index contributed by atoms with van der Waals surface area (Å²) in [5, 5.41) is 3.04. The Labute approximate surface area is 90.5 Å². The number of nitrogens with two attached hydrogens (primary N) is 1. The van der Waals surface area contributed by atoms with E-state index in [0.29, 0.717) is 12.5 Å². The van der Waals surface area contributed by atoms with E-state index in [9.17, 15) is 4.79 Å². The molecule has 0 atom stereocenters. The van der Waals surface area contributed by atoms with Crippen LogP contribution in [0.4, 0.5) is 0 Å². The molecule has 0 aromatic carbocycles. The standard InChI is InChI=1S/C11H20N2O2/c12-11(5-6-11)4-1-10(14)13-9-2-7-15-8-3-9/h9H,1-8,12H2,(H,13,14). The summed E-state index contributed by atoms with van der Waals surface area (Å²) in [6.07, 6.45) is 5.46. The van der Waals surface area contributed by atoms with Crippen LogP contribution in [0, 0.1) is 0 Å². The smallest absolute Gasteiger partial charge is 0.220 e. The van der Waals surface area contributed by atoms with Crippen LogP contribution in [0.5, 0.6) is 0 Å². The lowest BCUT2D eigenvalue weighted by Gasteiger charge is -2.23. The summed E-state index contributed by atoms with van der Waals surface area (Å²) >= 11 is 0. The second kappa shape index (κ2) is 4.49. The van der Waals surface area contributed by atoms with Gasteiger partial charge in [-0.2, -0.15) is 0 Å². The van der Waals surface area contributed by atoms with Crippen molar-refractivity contribution in [3.05, 3.63) is 0 Å². The van der Waals surface area contributed by atoms with Crippen LogP contribution in [0.25, 0.3) is 0 Å². The van der Waals surface area contributed by atoms with Gasteiger partial charge in [-0.05, 0) is 32.1 Å². The van der Waals surface area contributed by atoms with Crippen LogP contribution in [-0.2, 0) is 9.53 Å². The van der Waals surface area contributed by atoms with Crippen molar-refractivity contribution in [2.75, 3.05) is 13.2 Å². The van der Waals surface area contributed by atoms with Crippen LogP contribution in [0.2, 0.25) is 0 Å². The molecule has 15 heavy (non-hydrogen) atoms. The van der Waals surface area contributed by atoms with Gasteiger partial charge in [-0.25, -0.2) is 0 Å². The minimum absolute atomic E-state index is 0.00693. The second-order valence-corrected chi connectivity index (χ2v) is 4.82. The molecule has 4 heteroatoms. The van der Waals surface area contributed by atoms with Gasteiger partial charge >= 0.3 is 0 Å². The van der Waals surface area contributed by atoms with Crippen molar-refractivity contribution >= 4 is 5.91 Å². The molecule has 0 aromatic heterocycles. The first kappa shape index (κ1) is 10.9. The lowest BCUT2D eigenvalue weighted by molar-refractivity contribution is -0.122. The maximum atomic E-state index is 11.6. The Kier molecular flexibility index (Phi) is 3.26. The third-order valence-electron chi connectivity index (χ3n) is 3.33. The summed E-state index contributed by atoms with van der Waals surface area (Å²) in [5.41, 5.74) is 5.92. The van der Waals surface area contributed by atoms with Crippen molar-refractivity contribution in [1.29, 1.82) is 0 Å². The molecular weight excluding hydrogens is 192 g/mol. The minimum Gasteiger partial charge on any atom is -0.381 e. The summed E-state index contributed by atoms with van der Waals surface area (Å²) in [6.45, 7) is 1.54. The number of amides is 1. The summed E-state index contributed by atoms with van der Waals surface area (Å²) in [5.74, 6) is 0.152. The molecule has 1 aliphatic heterocycles. The van der Waals surface area contributed by atoms with E-state index in [2.05, 4.69) is 5.32 Å². The van der Waals surface area contributed by atoms with Gasteiger partial charge in [0.25, 0.3) is 0 Å². The van der Waals surface area contributed by atoms with Gasteiger partial charge in [0, 0.05) is 31.2 Å². The monoisotopic (exact) mass is 212 g/mol. The van der Waals surface area contributed by atoms with Crippen LogP contribution in [0.15, 0.2) is 0 Å². The maximum absolute atomic E-state index is 11.6. The highest BCUT2D eigenvalue weighted by Crippen LogP contribution is 2.36. The van der Waals surface area contributed by atoms with Gasteiger partial charge < -0.3 is 15.8 Å². The van der Waals surface area contributed by atoms with Crippen molar-refractivity contribution in [2.45, 2.75) is 50.1 Å². The Morgan fingerprint density at radius 1 is 1.40 bits per heavy atom. The van der Waals surface area contributed by atoms with Crippen molar-refractivity contribution < 1.29 is 9.53 Å². The molecule has 0 bridgehead atoms. The fourth-order valence-electron chi connectivity index (χ4n) is 1.91. The zero-order valence-electron chi connectivity index (χ0n) is 9.13. The average molecular weight is 212 g/mol. The van der Waals surface area contributed by atoms with Crippen LogP contribution in [-0.4, -0.2) is 30.7 Å². The first-order valence-corrected chi connectivity index (χ1v) is 5.84. The number of rotatable bonds is 4. The van der Waals surface area contributed by atoms with Gasteiger partial charge in [-0.3, -0.25) is 4.79 Å². The van der Waals surface area contributed by atoms with Crippen LogP contribution in [0.1, 0.15) is 38.5 Å². The fraction of sp³-hybridized carbons (Fsp3) is 0.909. The third-order valence-corrected chi connectivity index (χ3v) is 3.33. The molecule has 2 rings (SSSR count). The highest BCUT2D eigenvalue weighted by Gasteiger charge is 2.37. The van der Waals surface area contributed by atoms with Crippen molar-refractivity contribution in [3.63, 3.8) is 0 Å². The largest absolute Gasteiger partial charge is 0.381 e. The molecule has 4 nitrogen and oxygen atoms in total. The second-order valence-electron chi connectivity index (χ2n) is 4.82. The molecule has 86 valence electrons. The molecule has 0 unspecified atom stereocenters. The number of hydrogen-bond donors (Lipinski definition) is 2. The van der Waals surface area contributed by atoms with E-state index in [4.69, 9.17) is 10.5 Å². The normalized spacial score (nSPS) is 24.9. The Bertz CT molecular complexity index is 233.